The highest BCUT2D eigenvalue weighted by molar-refractivity contribution is 5.88. The summed E-state index contributed by atoms with van der Waals surface area (Å²) in [4.78, 5) is 14.3. The van der Waals surface area contributed by atoms with Crippen LogP contribution in [0, 0.1) is 5.41 Å². The molecule has 0 fully saturated rings. The third kappa shape index (κ3) is 1.63. The van der Waals surface area contributed by atoms with Crippen LogP contribution in [0.5, 0.6) is 0 Å². The van der Waals surface area contributed by atoms with E-state index in [4.69, 9.17) is 0 Å². The molecule has 0 unspecified atom stereocenters. The second-order valence-corrected chi connectivity index (χ2v) is 3.25. The first-order chi connectivity index (χ1) is 4.10. The smallest absolute Gasteiger partial charge is 0.245 e. The lowest BCUT2D eigenvalue weighted by Crippen LogP contribution is -2.20. The average Bonchev–Trinajstić information content (AvgIpc) is 1.60. The molecule has 0 aromatic carbocycles. The van der Waals surface area contributed by atoms with Crippen molar-refractivity contribution in [1.82, 2.24) is 0 Å². The van der Waals surface area contributed by atoms with Gasteiger partial charge in [-0.3, -0.25) is 4.79 Å². The Kier molecular flexibility index (Phi) is 1.39. The lowest BCUT2D eigenvalue weighted by molar-refractivity contribution is -0.120. The van der Waals surface area contributed by atoms with Gasteiger partial charge in [0.2, 0.25) is 5.91 Å². The number of carbonyl (C=O) groups is 1. The molecule has 2 nitrogen and oxygen atoms in total. The first-order valence-corrected chi connectivity index (χ1v) is 3.15. The normalized spacial score (nSPS) is 24.4. The van der Waals surface area contributed by atoms with Crippen LogP contribution in [0.1, 0.15) is 26.7 Å². The molecule has 1 aliphatic rings. The summed E-state index contributed by atoms with van der Waals surface area (Å²) in [5.41, 5.74) is 0.152. The molecule has 1 rings (SSSR count). The molecule has 2 heteroatoms. The van der Waals surface area contributed by atoms with Crippen LogP contribution in [0.15, 0.2) is 4.99 Å². The Hall–Kier alpha value is -0.660. The van der Waals surface area contributed by atoms with Crippen LogP contribution in [0.25, 0.3) is 0 Å². The summed E-state index contributed by atoms with van der Waals surface area (Å²) in [6, 6.07) is 0. The third-order valence-corrected chi connectivity index (χ3v) is 1.51. The van der Waals surface area contributed by atoms with E-state index in [2.05, 4.69) is 18.8 Å². The van der Waals surface area contributed by atoms with Gasteiger partial charge in [-0.15, -0.1) is 0 Å². The fourth-order valence-electron chi connectivity index (χ4n) is 0.922. The summed E-state index contributed by atoms with van der Waals surface area (Å²) in [5, 5.41) is 0. The van der Waals surface area contributed by atoms with Gasteiger partial charge in [-0.05, 0) is 11.8 Å². The molecule has 1 aliphatic heterocycles. The van der Waals surface area contributed by atoms with Gasteiger partial charge in [0.25, 0.3) is 0 Å². The lowest BCUT2D eigenvalue weighted by atomic mass is 9.84. The quantitative estimate of drug-likeness (QED) is 0.481. The molecule has 0 saturated carbocycles. The molecule has 0 atom stereocenters. The van der Waals surface area contributed by atoms with Gasteiger partial charge < -0.3 is 0 Å². The van der Waals surface area contributed by atoms with Gasteiger partial charge in [0.05, 0.1) is 0 Å². The van der Waals surface area contributed by atoms with E-state index in [9.17, 15) is 4.79 Å². The first-order valence-electron chi connectivity index (χ1n) is 3.15. The second-order valence-electron chi connectivity index (χ2n) is 3.25. The summed E-state index contributed by atoms with van der Waals surface area (Å²) in [6.07, 6.45) is 3.24. The van der Waals surface area contributed by atoms with Crippen molar-refractivity contribution in [3.63, 3.8) is 0 Å². The zero-order valence-electron chi connectivity index (χ0n) is 5.85. The van der Waals surface area contributed by atoms with E-state index in [1.54, 1.807) is 6.21 Å². The van der Waals surface area contributed by atoms with E-state index in [-0.39, 0.29) is 11.3 Å². The molecule has 1 heterocycles. The highest BCUT2D eigenvalue weighted by Crippen LogP contribution is 2.26. The minimum absolute atomic E-state index is 0.0197. The molecule has 1 amide bonds. The summed E-state index contributed by atoms with van der Waals surface area (Å²) < 4.78 is 0. The standard InChI is InChI=1S/C7H11NO/c1-7(2)3-4-8-6(9)5-7/h4H,3,5H2,1-2H3. The Balaban J connectivity index is 2.68. The van der Waals surface area contributed by atoms with Crippen molar-refractivity contribution in [3.8, 4) is 0 Å². The SMILES string of the molecule is CC1(C)CC=NC(=O)C1. The Bertz CT molecular complexity index is 158. The predicted molar refractivity (Wildman–Crippen MR) is 36.5 cm³/mol. The van der Waals surface area contributed by atoms with Gasteiger partial charge in [-0.1, -0.05) is 13.8 Å². The second kappa shape index (κ2) is 1.94. The summed E-state index contributed by atoms with van der Waals surface area (Å²) in [7, 11) is 0. The van der Waals surface area contributed by atoms with Crippen LogP contribution >= 0.6 is 0 Å². The van der Waals surface area contributed by atoms with Gasteiger partial charge in [0, 0.05) is 12.6 Å². The Morgan fingerprint density at radius 2 is 2.33 bits per heavy atom. The number of nitrogens with zero attached hydrogens (tertiary/aromatic N) is 1. The van der Waals surface area contributed by atoms with E-state index in [0.717, 1.165) is 6.42 Å². The molecule has 0 aromatic heterocycles. The molecule has 0 N–H and O–H groups in total. The fraction of sp³-hybridized carbons (Fsp3) is 0.714. The Morgan fingerprint density at radius 1 is 1.67 bits per heavy atom. The van der Waals surface area contributed by atoms with Crippen molar-refractivity contribution in [3.05, 3.63) is 0 Å². The van der Waals surface area contributed by atoms with Crippen molar-refractivity contribution in [2.24, 2.45) is 10.4 Å². The van der Waals surface area contributed by atoms with Gasteiger partial charge in [-0.25, -0.2) is 4.99 Å². The minimum atomic E-state index is 0.0197. The van der Waals surface area contributed by atoms with Crippen LogP contribution in [-0.4, -0.2) is 12.1 Å². The molecule has 0 spiro atoms. The lowest BCUT2D eigenvalue weighted by Gasteiger charge is -2.22. The van der Waals surface area contributed by atoms with Crippen LogP contribution < -0.4 is 0 Å². The zero-order chi connectivity index (χ0) is 6.91. The van der Waals surface area contributed by atoms with Gasteiger partial charge in [0.15, 0.2) is 0 Å². The molecule has 0 aliphatic carbocycles. The Morgan fingerprint density at radius 3 is 2.67 bits per heavy atom. The topological polar surface area (TPSA) is 29.4 Å². The fourth-order valence-corrected chi connectivity index (χ4v) is 0.922. The maximum absolute atomic E-state index is 10.7. The molecular weight excluding hydrogens is 114 g/mol. The highest BCUT2D eigenvalue weighted by atomic mass is 16.1. The molecule has 0 saturated heterocycles. The molecular formula is C7H11NO. The van der Waals surface area contributed by atoms with Gasteiger partial charge in [-0.2, -0.15) is 0 Å². The van der Waals surface area contributed by atoms with E-state index in [1.165, 1.54) is 0 Å². The number of amides is 1. The van der Waals surface area contributed by atoms with E-state index in [1.807, 2.05) is 0 Å². The van der Waals surface area contributed by atoms with Gasteiger partial charge in [0.1, 0.15) is 0 Å². The minimum Gasteiger partial charge on any atom is -0.273 e. The van der Waals surface area contributed by atoms with Crippen molar-refractivity contribution in [1.29, 1.82) is 0 Å². The number of hydrogen-bond acceptors (Lipinski definition) is 1. The number of carbonyl (C=O) groups excluding carboxylic acids is 1. The van der Waals surface area contributed by atoms with Crippen molar-refractivity contribution in [2.45, 2.75) is 26.7 Å². The van der Waals surface area contributed by atoms with E-state index < -0.39 is 0 Å². The largest absolute Gasteiger partial charge is 0.273 e. The molecule has 50 valence electrons. The third-order valence-electron chi connectivity index (χ3n) is 1.51. The maximum atomic E-state index is 10.7. The van der Waals surface area contributed by atoms with Crippen molar-refractivity contribution < 1.29 is 4.79 Å². The highest BCUT2D eigenvalue weighted by Gasteiger charge is 2.23. The van der Waals surface area contributed by atoms with Crippen molar-refractivity contribution in [2.75, 3.05) is 0 Å². The average molecular weight is 125 g/mol. The first kappa shape index (κ1) is 6.46. The number of hydrogen-bond donors (Lipinski definition) is 0. The van der Waals surface area contributed by atoms with Crippen molar-refractivity contribution >= 4 is 12.1 Å². The summed E-state index contributed by atoms with van der Waals surface area (Å²) in [5.74, 6) is 0.0197. The van der Waals surface area contributed by atoms with Crippen LogP contribution in [-0.2, 0) is 4.79 Å². The maximum Gasteiger partial charge on any atom is 0.245 e. The van der Waals surface area contributed by atoms with Crippen LogP contribution in [0.4, 0.5) is 0 Å². The van der Waals surface area contributed by atoms with E-state index >= 15 is 0 Å². The molecule has 9 heavy (non-hydrogen) atoms. The molecule has 0 bridgehead atoms. The Labute approximate surface area is 55.0 Å². The number of aliphatic imine (C=N–C) groups is 1. The predicted octanol–water partition coefficient (Wildman–Crippen LogP) is 1.40. The van der Waals surface area contributed by atoms with E-state index in [0.29, 0.717) is 6.42 Å². The van der Waals surface area contributed by atoms with Crippen LogP contribution in [0.3, 0.4) is 0 Å². The van der Waals surface area contributed by atoms with Gasteiger partial charge >= 0.3 is 0 Å². The van der Waals surface area contributed by atoms with Crippen LogP contribution in [0.2, 0.25) is 0 Å². The molecule has 0 radical (unpaired) electrons. The summed E-state index contributed by atoms with van der Waals surface area (Å²) >= 11 is 0. The summed E-state index contributed by atoms with van der Waals surface area (Å²) in [6.45, 7) is 4.16. The number of rotatable bonds is 0. The zero-order valence-corrected chi connectivity index (χ0v) is 5.85. The monoisotopic (exact) mass is 125 g/mol. The molecule has 0 aromatic rings.